The molecule has 3 fully saturated rings. The Morgan fingerprint density at radius 1 is 0.915 bits per heavy atom. The first kappa shape index (κ1) is 32.7. The van der Waals surface area contributed by atoms with Gasteiger partial charge in [-0.15, -0.1) is 0 Å². The molecule has 3 aliphatic rings. The fraction of sp³-hybridized carbons (Fsp3) is 0.486. The van der Waals surface area contributed by atoms with Gasteiger partial charge in [0.2, 0.25) is 11.8 Å². The Hall–Kier alpha value is -4.18. The Morgan fingerprint density at radius 3 is 2.21 bits per heavy atom. The van der Waals surface area contributed by atoms with Crippen molar-refractivity contribution in [3.05, 3.63) is 75.5 Å². The number of pyridine rings is 1. The minimum Gasteiger partial charge on any atom is -0.496 e. The maximum Gasteiger partial charge on any atom is 0.253 e. The van der Waals surface area contributed by atoms with Crippen LogP contribution in [0.3, 0.4) is 0 Å². The fourth-order valence-corrected chi connectivity index (χ4v) is 7.61. The first-order chi connectivity index (χ1) is 22.6. The number of carbonyl (C=O) groups excluding carboxylic acids is 2. The molecule has 2 aromatic carbocycles. The van der Waals surface area contributed by atoms with Crippen LogP contribution in [0, 0.1) is 31.5 Å². The number of likely N-dealkylation sites (tertiary alicyclic amines) is 1. The number of methoxy groups -OCH3 is 1. The van der Waals surface area contributed by atoms with E-state index >= 15 is 4.39 Å². The molecule has 10 heteroatoms. The van der Waals surface area contributed by atoms with Gasteiger partial charge in [0.1, 0.15) is 17.6 Å². The summed E-state index contributed by atoms with van der Waals surface area (Å²) in [5, 5.41) is 5.65. The topological polar surface area (TPSA) is 95.9 Å². The monoisotopic (exact) mass is 643 g/mol. The Bertz CT molecular complexity index is 1690. The number of ether oxygens (including phenoxy) is 1. The summed E-state index contributed by atoms with van der Waals surface area (Å²) in [6.45, 7) is 8.15. The molecule has 3 aliphatic heterocycles. The summed E-state index contributed by atoms with van der Waals surface area (Å²) in [6.07, 6.45) is 7.19. The molecular weight excluding hydrogens is 597 g/mol. The highest BCUT2D eigenvalue weighted by molar-refractivity contribution is 6.01. The molecular formula is C37H46FN5O4. The van der Waals surface area contributed by atoms with Gasteiger partial charge in [-0.1, -0.05) is 0 Å². The molecule has 47 heavy (non-hydrogen) atoms. The van der Waals surface area contributed by atoms with E-state index in [4.69, 9.17) is 4.74 Å². The molecule has 0 radical (unpaired) electrons. The largest absolute Gasteiger partial charge is 0.496 e. The third kappa shape index (κ3) is 7.07. The van der Waals surface area contributed by atoms with E-state index < -0.39 is 0 Å². The van der Waals surface area contributed by atoms with E-state index in [1.165, 1.54) is 5.69 Å². The molecule has 0 aliphatic carbocycles. The number of amides is 2. The van der Waals surface area contributed by atoms with E-state index in [9.17, 15) is 14.4 Å². The lowest BCUT2D eigenvalue weighted by atomic mass is 9.78. The van der Waals surface area contributed by atoms with Gasteiger partial charge in [-0.25, -0.2) is 4.39 Å². The van der Waals surface area contributed by atoms with Crippen LogP contribution in [0.1, 0.15) is 55.2 Å². The molecule has 6 rings (SSSR count). The normalized spacial score (nSPS) is 19.9. The van der Waals surface area contributed by atoms with Gasteiger partial charge in [0, 0.05) is 67.4 Å². The second kappa shape index (κ2) is 13.9. The van der Waals surface area contributed by atoms with E-state index in [1.54, 1.807) is 37.9 Å². The molecule has 1 aromatic heterocycles. The maximum absolute atomic E-state index is 15.6. The molecule has 2 N–H and O–H groups in total. The number of aryl methyl sites for hydroxylation is 1. The van der Waals surface area contributed by atoms with Crippen LogP contribution in [-0.4, -0.2) is 60.6 Å². The molecule has 3 aromatic rings. The fourth-order valence-electron chi connectivity index (χ4n) is 7.61. The summed E-state index contributed by atoms with van der Waals surface area (Å²) < 4.78 is 22.9. The number of carbonyl (C=O) groups is 2. The number of imide groups is 1. The molecule has 3 saturated heterocycles. The molecule has 2 amide bonds. The number of piperidine rings is 3. The standard InChI is InChI=1S/C37H46FN5O4/c1-23-24(2)37(46)41(3)21-30(23)27-19-32(38)31(34(20-27)47-4)22-42-15-11-25(12-16-42)26-13-17-43(18-14-26)29-7-5-28(6-8-29)39-33-9-10-35(44)40-36(33)45/h5-8,19-21,25-26,33,39H,9-18,22H2,1-4H3,(H,40,44,45). The summed E-state index contributed by atoms with van der Waals surface area (Å²) in [5.41, 5.74) is 5.68. The highest BCUT2D eigenvalue weighted by Crippen LogP contribution is 2.36. The third-order valence-corrected chi connectivity index (χ3v) is 10.6. The molecule has 9 nitrogen and oxygen atoms in total. The Kier molecular flexibility index (Phi) is 9.68. The molecule has 1 unspecified atom stereocenters. The highest BCUT2D eigenvalue weighted by atomic mass is 19.1. The number of benzene rings is 2. The van der Waals surface area contributed by atoms with Crippen LogP contribution in [0.4, 0.5) is 15.8 Å². The third-order valence-electron chi connectivity index (χ3n) is 10.6. The van der Waals surface area contributed by atoms with E-state index in [-0.39, 0.29) is 29.2 Å². The SMILES string of the molecule is COc1cc(-c2cn(C)c(=O)c(C)c2C)cc(F)c1CN1CCC(C2CCN(c3ccc(NC4CCC(=O)NC4=O)cc3)CC2)CC1. The van der Waals surface area contributed by atoms with Crippen LogP contribution in [-0.2, 0) is 23.2 Å². The van der Waals surface area contributed by atoms with Gasteiger partial charge in [-0.3, -0.25) is 24.6 Å². The van der Waals surface area contributed by atoms with Gasteiger partial charge in [0.25, 0.3) is 5.56 Å². The number of anilines is 2. The zero-order valence-corrected chi connectivity index (χ0v) is 27.9. The zero-order chi connectivity index (χ0) is 33.2. The number of aromatic nitrogens is 1. The predicted molar refractivity (Wildman–Crippen MR) is 182 cm³/mol. The number of halogens is 1. The average molecular weight is 644 g/mol. The van der Waals surface area contributed by atoms with Crippen molar-refractivity contribution in [2.45, 2.75) is 65.0 Å². The number of nitrogens with one attached hydrogen (secondary N) is 2. The average Bonchev–Trinajstić information content (AvgIpc) is 3.08. The highest BCUT2D eigenvalue weighted by Gasteiger charge is 2.31. The van der Waals surface area contributed by atoms with Crippen molar-refractivity contribution < 1.29 is 18.7 Å². The summed E-state index contributed by atoms with van der Waals surface area (Å²) in [7, 11) is 3.31. The first-order valence-electron chi connectivity index (χ1n) is 16.8. The van der Waals surface area contributed by atoms with Crippen LogP contribution in [0.15, 0.2) is 47.4 Å². The lowest BCUT2D eigenvalue weighted by Gasteiger charge is -2.41. The molecule has 0 bridgehead atoms. The molecule has 0 spiro atoms. The van der Waals surface area contributed by atoms with E-state index in [0.717, 1.165) is 68.7 Å². The van der Waals surface area contributed by atoms with Crippen molar-refractivity contribution in [1.82, 2.24) is 14.8 Å². The van der Waals surface area contributed by atoms with Crippen LogP contribution < -0.4 is 25.8 Å². The quantitative estimate of drug-likeness (QED) is 0.328. The predicted octanol–water partition coefficient (Wildman–Crippen LogP) is 5.16. The minimum atomic E-state index is -0.380. The van der Waals surface area contributed by atoms with Crippen LogP contribution in [0.5, 0.6) is 5.75 Å². The van der Waals surface area contributed by atoms with Gasteiger partial charge in [-0.2, -0.15) is 0 Å². The Balaban J connectivity index is 1.00. The Labute approximate surface area is 276 Å². The number of nitrogens with zero attached hydrogens (tertiary/aromatic N) is 3. The van der Waals surface area contributed by atoms with E-state index in [0.29, 0.717) is 53.7 Å². The van der Waals surface area contributed by atoms with Crippen molar-refractivity contribution in [1.29, 1.82) is 0 Å². The van der Waals surface area contributed by atoms with E-state index in [1.807, 2.05) is 25.1 Å². The van der Waals surface area contributed by atoms with Gasteiger partial charge >= 0.3 is 0 Å². The van der Waals surface area contributed by atoms with Crippen molar-refractivity contribution in [2.75, 3.05) is 43.5 Å². The van der Waals surface area contributed by atoms with Crippen molar-refractivity contribution in [2.24, 2.45) is 18.9 Å². The van der Waals surface area contributed by atoms with Crippen molar-refractivity contribution in [3.63, 3.8) is 0 Å². The second-order valence-electron chi connectivity index (χ2n) is 13.5. The van der Waals surface area contributed by atoms with Crippen LogP contribution >= 0.6 is 0 Å². The summed E-state index contributed by atoms with van der Waals surface area (Å²) >= 11 is 0. The number of rotatable bonds is 8. The first-order valence-corrected chi connectivity index (χ1v) is 16.8. The maximum atomic E-state index is 15.6. The van der Waals surface area contributed by atoms with Crippen LogP contribution in [0.2, 0.25) is 0 Å². The smallest absolute Gasteiger partial charge is 0.253 e. The van der Waals surface area contributed by atoms with Crippen molar-refractivity contribution in [3.8, 4) is 16.9 Å². The Morgan fingerprint density at radius 2 is 1.57 bits per heavy atom. The lowest BCUT2D eigenvalue weighted by Crippen LogP contribution is -2.47. The van der Waals surface area contributed by atoms with Gasteiger partial charge in [0.15, 0.2) is 0 Å². The molecule has 0 saturated carbocycles. The van der Waals surface area contributed by atoms with E-state index in [2.05, 4.69) is 32.6 Å². The molecule has 1 atom stereocenters. The number of hydrogen-bond acceptors (Lipinski definition) is 7. The van der Waals surface area contributed by atoms with Gasteiger partial charge in [0.05, 0.1) is 7.11 Å². The van der Waals surface area contributed by atoms with Crippen molar-refractivity contribution >= 4 is 23.2 Å². The summed E-state index contributed by atoms with van der Waals surface area (Å²) in [4.78, 5) is 40.6. The van der Waals surface area contributed by atoms with Crippen LogP contribution in [0.25, 0.3) is 11.1 Å². The second-order valence-corrected chi connectivity index (χ2v) is 13.5. The van der Waals surface area contributed by atoms with Gasteiger partial charge < -0.3 is 19.5 Å². The summed E-state index contributed by atoms with van der Waals surface area (Å²) in [5.74, 6) is 1.17. The zero-order valence-electron chi connectivity index (χ0n) is 27.9. The van der Waals surface area contributed by atoms with Gasteiger partial charge in [-0.05, 0) is 118 Å². The minimum absolute atomic E-state index is 0.0443. The number of hydrogen-bond donors (Lipinski definition) is 2. The lowest BCUT2D eigenvalue weighted by molar-refractivity contribution is -0.133. The molecule has 250 valence electrons. The summed E-state index contributed by atoms with van der Waals surface area (Å²) in [6, 6.07) is 11.3. The molecule has 4 heterocycles.